The molecule has 1 aliphatic heterocycles. The SMILES string of the molecule is Cc1cc(C(=O)NCC2(c3cccc(Br)c3)CCOCC2)c2c(C)nn(C)c2n1. The van der Waals surface area contributed by atoms with Gasteiger partial charge in [-0.25, -0.2) is 4.98 Å². The third-order valence-electron chi connectivity index (χ3n) is 5.82. The zero-order chi connectivity index (χ0) is 20.6. The molecule has 29 heavy (non-hydrogen) atoms. The first-order valence-electron chi connectivity index (χ1n) is 9.83. The minimum absolute atomic E-state index is 0.0857. The standard InChI is InChI=1S/C22H25BrN4O2/c1-14-11-18(19-15(2)26-27(3)20(19)25-14)21(28)24-13-22(7-9-29-10-8-22)16-5-4-6-17(23)12-16/h4-6,11-12H,7-10,13H2,1-3H3,(H,24,28). The fourth-order valence-corrected chi connectivity index (χ4v) is 4.64. The van der Waals surface area contributed by atoms with Gasteiger partial charge in [0.1, 0.15) is 0 Å². The molecule has 1 fully saturated rings. The number of fused-ring (bicyclic) bond motifs is 1. The molecular formula is C22H25BrN4O2. The fourth-order valence-electron chi connectivity index (χ4n) is 4.24. The van der Waals surface area contributed by atoms with Gasteiger partial charge in [0.15, 0.2) is 5.65 Å². The van der Waals surface area contributed by atoms with E-state index in [1.165, 1.54) is 5.56 Å². The summed E-state index contributed by atoms with van der Waals surface area (Å²) in [7, 11) is 1.85. The van der Waals surface area contributed by atoms with Crippen LogP contribution in [0.5, 0.6) is 0 Å². The molecule has 0 unspecified atom stereocenters. The number of carbonyl (C=O) groups is 1. The molecule has 1 saturated heterocycles. The molecule has 0 saturated carbocycles. The third-order valence-corrected chi connectivity index (χ3v) is 6.31. The van der Waals surface area contributed by atoms with E-state index in [2.05, 4.69) is 43.5 Å². The number of halogens is 1. The Morgan fingerprint density at radius 2 is 2.03 bits per heavy atom. The summed E-state index contributed by atoms with van der Waals surface area (Å²) < 4.78 is 8.39. The first-order valence-corrected chi connectivity index (χ1v) is 10.6. The molecule has 0 spiro atoms. The van der Waals surface area contributed by atoms with Gasteiger partial charge in [-0.2, -0.15) is 5.10 Å². The van der Waals surface area contributed by atoms with E-state index in [9.17, 15) is 4.79 Å². The van der Waals surface area contributed by atoms with Gasteiger partial charge >= 0.3 is 0 Å². The van der Waals surface area contributed by atoms with Crippen molar-refractivity contribution in [3.05, 3.63) is 57.3 Å². The van der Waals surface area contributed by atoms with Crippen LogP contribution in [0.25, 0.3) is 11.0 Å². The van der Waals surface area contributed by atoms with Gasteiger partial charge < -0.3 is 10.1 Å². The lowest BCUT2D eigenvalue weighted by Crippen LogP contribution is -2.44. The Bertz CT molecular complexity index is 1070. The number of hydrogen-bond acceptors (Lipinski definition) is 4. The minimum Gasteiger partial charge on any atom is -0.381 e. The molecule has 152 valence electrons. The van der Waals surface area contributed by atoms with Gasteiger partial charge in [0.25, 0.3) is 5.91 Å². The second-order valence-electron chi connectivity index (χ2n) is 7.80. The van der Waals surface area contributed by atoms with Crippen molar-refractivity contribution in [2.45, 2.75) is 32.1 Å². The van der Waals surface area contributed by atoms with Gasteiger partial charge in [0, 0.05) is 42.4 Å². The molecular weight excluding hydrogens is 432 g/mol. The van der Waals surface area contributed by atoms with Gasteiger partial charge in [-0.15, -0.1) is 0 Å². The van der Waals surface area contributed by atoms with Crippen LogP contribution in [0.4, 0.5) is 0 Å². The largest absolute Gasteiger partial charge is 0.381 e. The second-order valence-corrected chi connectivity index (χ2v) is 8.72. The van der Waals surface area contributed by atoms with Crippen molar-refractivity contribution < 1.29 is 9.53 Å². The molecule has 1 amide bonds. The van der Waals surface area contributed by atoms with E-state index in [0.717, 1.165) is 39.7 Å². The zero-order valence-electron chi connectivity index (χ0n) is 17.0. The molecule has 6 nitrogen and oxygen atoms in total. The van der Waals surface area contributed by atoms with E-state index in [-0.39, 0.29) is 11.3 Å². The first-order chi connectivity index (χ1) is 13.9. The molecule has 3 heterocycles. The van der Waals surface area contributed by atoms with Crippen LogP contribution in [-0.4, -0.2) is 40.4 Å². The van der Waals surface area contributed by atoms with E-state index in [4.69, 9.17) is 4.74 Å². The Balaban J connectivity index is 1.65. The number of hydrogen-bond donors (Lipinski definition) is 1. The molecule has 1 aromatic carbocycles. The van der Waals surface area contributed by atoms with Gasteiger partial charge in [-0.05, 0) is 50.5 Å². The number of carbonyl (C=O) groups excluding carboxylic acids is 1. The summed E-state index contributed by atoms with van der Waals surface area (Å²) in [5, 5.41) is 8.47. The molecule has 7 heteroatoms. The number of pyridine rings is 1. The van der Waals surface area contributed by atoms with E-state index >= 15 is 0 Å². The molecule has 0 aliphatic carbocycles. The number of aryl methyl sites for hydroxylation is 3. The molecule has 1 N–H and O–H groups in total. The van der Waals surface area contributed by atoms with Crippen molar-refractivity contribution in [2.75, 3.05) is 19.8 Å². The maximum atomic E-state index is 13.2. The quantitative estimate of drug-likeness (QED) is 0.647. The van der Waals surface area contributed by atoms with Gasteiger partial charge in [0.2, 0.25) is 0 Å². The van der Waals surface area contributed by atoms with Crippen LogP contribution in [0, 0.1) is 13.8 Å². The highest BCUT2D eigenvalue weighted by atomic mass is 79.9. The highest BCUT2D eigenvalue weighted by Crippen LogP contribution is 2.35. The van der Waals surface area contributed by atoms with Crippen LogP contribution in [0.2, 0.25) is 0 Å². The van der Waals surface area contributed by atoms with Crippen molar-refractivity contribution in [3.63, 3.8) is 0 Å². The van der Waals surface area contributed by atoms with E-state index < -0.39 is 0 Å². The predicted octanol–water partition coefficient (Wildman–Crippen LogP) is 3.83. The number of aromatic nitrogens is 3. The third kappa shape index (κ3) is 3.81. The lowest BCUT2D eigenvalue weighted by molar-refractivity contribution is 0.0487. The Hall–Kier alpha value is -2.25. The van der Waals surface area contributed by atoms with Crippen molar-refractivity contribution in [2.24, 2.45) is 7.05 Å². The summed E-state index contributed by atoms with van der Waals surface area (Å²) in [5.41, 5.74) is 4.08. The average molecular weight is 457 g/mol. The smallest absolute Gasteiger partial charge is 0.252 e. The summed E-state index contributed by atoms with van der Waals surface area (Å²) >= 11 is 3.58. The number of nitrogens with zero attached hydrogens (tertiary/aromatic N) is 3. The molecule has 3 aromatic rings. The molecule has 4 rings (SSSR count). The maximum absolute atomic E-state index is 13.2. The van der Waals surface area contributed by atoms with E-state index in [1.54, 1.807) is 4.68 Å². The van der Waals surface area contributed by atoms with E-state index in [1.807, 2.05) is 39.1 Å². The Morgan fingerprint density at radius 1 is 1.28 bits per heavy atom. The molecule has 1 aliphatic rings. The van der Waals surface area contributed by atoms with Crippen molar-refractivity contribution in [3.8, 4) is 0 Å². The summed E-state index contributed by atoms with van der Waals surface area (Å²) in [6.07, 6.45) is 1.75. The highest BCUT2D eigenvalue weighted by Gasteiger charge is 2.35. The van der Waals surface area contributed by atoms with Gasteiger partial charge in [-0.1, -0.05) is 28.1 Å². The van der Waals surface area contributed by atoms with Crippen LogP contribution in [-0.2, 0) is 17.2 Å². The highest BCUT2D eigenvalue weighted by molar-refractivity contribution is 9.10. The molecule has 0 bridgehead atoms. The lowest BCUT2D eigenvalue weighted by atomic mass is 9.74. The number of nitrogens with one attached hydrogen (secondary N) is 1. The summed E-state index contributed by atoms with van der Waals surface area (Å²) in [5.74, 6) is -0.0857. The van der Waals surface area contributed by atoms with Crippen LogP contribution in [0.3, 0.4) is 0 Å². The monoisotopic (exact) mass is 456 g/mol. The van der Waals surface area contributed by atoms with Crippen molar-refractivity contribution >= 4 is 32.9 Å². The minimum atomic E-state index is -0.136. The van der Waals surface area contributed by atoms with Crippen molar-refractivity contribution in [1.29, 1.82) is 0 Å². The van der Waals surface area contributed by atoms with Crippen LogP contribution in [0.1, 0.15) is 40.2 Å². The van der Waals surface area contributed by atoms with Gasteiger partial charge in [-0.3, -0.25) is 9.48 Å². The van der Waals surface area contributed by atoms with Crippen LogP contribution >= 0.6 is 15.9 Å². The predicted molar refractivity (Wildman–Crippen MR) is 116 cm³/mol. The molecule has 2 aromatic heterocycles. The Kier molecular flexibility index (Phi) is 5.44. The topological polar surface area (TPSA) is 69.0 Å². The number of ether oxygens (including phenoxy) is 1. The number of rotatable bonds is 4. The number of amides is 1. The lowest BCUT2D eigenvalue weighted by Gasteiger charge is -2.38. The summed E-state index contributed by atoms with van der Waals surface area (Å²) in [4.78, 5) is 17.8. The second kappa shape index (κ2) is 7.88. The van der Waals surface area contributed by atoms with E-state index in [0.29, 0.717) is 25.3 Å². The average Bonchev–Trinajstić information content (AvgIpc) is 2.99. The molecule has 0 atom stereocenters. The Labute approximate surface area is 178 Å². The normalized spacial score (nSPS) is 16.1. The Morgan fingerprint density at radius 3 is 2.76 bits per heavy atom. The van der Waals surface area contributed by atoms with Crippen LogP contribution < -0.4 is 5.32 Å². The van der Waals surface area contributed by atoms with Crippen molar-refractivity contribution in [1.82, 2.24) is 20.1 Å². The maximum Gasteiger partial charge on any atom is 0.252 e. The number of benzene rings is 1. The fraction of sp³-hybridized carbons (Fsp3) is 0.409. The molecule has 0 radical (unpaired) electrons. The summed E-state index contributed by atoms with van der Waals surface area (Å²) in [6.45, 7) is 5.77. The van der Waals surface area contributed by atoms with Crippen LogP contribution in [0.15, 0.2) is 34.8 Å². The zero-order valence-corrected chi connectivity index (χ0v) is 18.5. The van der Waals surface area contributed by atoms with Gasteiger partial charge in [0.05, 0.1) is 16.6 Å². The summed E-state index contributed by atoms with van der Waals surface area (Å²) in [6, 6.07) is 10.2. The first kappa shape index (κ1) is 20.0.